The number of carbonyl (C=O) groups is 6. The molecule has 6 aromatic carbocycles. The van der Waals surface area contributed by atoms with Gasteiger partial charge in [0.2, 0.25) is 9.54 Å². The van der Waals surface area contributed by atoms with Gasteiger partial charge < -0.3 is 53.6 Å². The Morgan fingerprint density at radius 1 is 0.512 bits per heavy atom. The zero-order chi connectivity index (χ0) is 62.0. The molecule has 86 heavy (non-hydrogen) atoms. The van der Waals surface area contributed by atoms with E-state index >= 15 is 0 Å². The second-order valence-electron chi connectivity index (χ2n) is 18.8. The number of carbonyl (C=O) groups excluding carboxylic acids is 4. The predicted molar refractivity (Wildman–Crippen MR) is 308 cm³/mol. The van der Waals surface area contributed by atoms with Crippen LogP contribution in [0.1, 0.15) is 96.1 Å². The van der Waals surface area contributed by atoms with Crippen LogP contribution >= 0.6 is 24.4 Å². The number of rotatable bonds is 18. The molecule has 0 unspecified atom stereocenters. The van der Waals surface area contributed by atoms with Gasteiger partial charge in [-0.25, -0.2) is 47.3 Å². The van der Waals surface area contributed by atoms with Gasteiger partial charge in [-0.1, -0.05) is 36.4 Å². The number of nitrogens with zero attached hydrogens (tertiary/aromatic N) is 6. The zero-order valence-electron chi connectivity index (χ0n) is 44.3. The highest BCUT2D eigenvalue weighted by atomic mass is 32.1. The Morgan fingerprint density at radius 2 is 0.849 bits per heavy atom. The van der Waals surface area contributed by atoms with E-state index in [0.717, 1.165) is 12.1 Å². The first-order valence-corrected chi connectivity index (χ1v) is 25.7. The van der Waals surface area contributed by atoms with Crippen LogP contribution in [0.3, 0.4) is 0 Å². The highest BCUT2D eigenvalue weighted by Crippen LogP contribution is 2.25. The van der Waals surface area contributed by atoms with Crippen LogP contribution in [-0.2, 0) is 26.2 Å². The second kappa shape index (κ2) is 24.1. The third-order valence-electron chi connectivity index (χ3n) is 13.0. The van der Waals surface area contributed by atoms with Gasteiger partial charge in [-0.2, -0.15) is 0 Å². The van der Waals surface area contributed by atoms with E-state index in [1.807, 2.05) is 0 Å². The van der Waals surface area contributed by atoms with Crippen molar-refractivity contribution in [3.05, 3.63) is 214 Å². The SMILES string of the molecule is Cc1cc(CNC(=O)c2cc(C(=O)NCc3ccc(F)c(Nc4c(N)c(=O)c4=O)c3)n3c(=S)[nH]nc3n2)ccc1C(=O)O.Cc1cc(CNC(=O)c2cc(C(=O)NCc3ccc(F)c(Nc4c(N)c(=O)c4=O)c3)nc3n[nH]c(=S)n23)ccc1C(=O)O. The Labute approximate surface area is 488 Å². The van der Waals surface area contributed by atoms with E-state index in [2.05, 4.69) is 62.3 Å². The number of anilines is 6. The summed E-state index contributed by atoms with van der Waals surface area (Å²) in [6.07, 6.45) is 0. The molecule has 0 atom stereocenters. The number of nitrogens with two attached hydrogens (primary N) is 2. The summed E-state index contributed by atoms with van der Waals surface area (Å²) >= 11 is 10.4. The fourth-order valence-electron chi connectivity index (χ4n) is 8.53. The smallest absolute Gasteiger partial charge is 0.335 e. The third-order valence-corrected chi connectivity index (χ3v) is 13.6. The van der Waals surface area contributed by atoms with Crippen LogP contribution in [0, 0.1) is 35.0 Å². The number of nitrogens with one attached hydrogen (secondary N) is 8. The number of H-pyrrole nitrogens is 2. The van der Waals surface area contributed by atoms with E-state index in [9.17, 15) is 66.9 Å². The Morgan fingerprint density at radius 3 is 1.19 bits per heavy atom. The quantitative estimate of drug-likeness (QED) is 0.0432. The highest BCUT2D eigenvalue weighted by molar-refractivity contribution is 7.71. The Hall–Kier alpha value is -11.5. The molecule has 0 aliphatic carbocycles. The molecule has 0 radical (unpaired) electrons. The molecule has 4 aromatic heterocycles. The van der Waals surface area contributed by atoms with E-state index in [1.165, 1.54) is 57.3 Å². The number of fused-ring (bicyclic) bond motifs is 2. The van der Waals surface area contributed by atoms with E-state index < -0.39 is 68.9 Å². The van der Waals surface area contributed by atoms with E-state index in [4.69, 9.17) is 35.9 Å². The van der Waals surface area contributed by atoms with Crippen molar-refractivity contribution in [1.29, 1.82) is 0 Å². The summed E-state index contributed by atoms with van der Waals surface area (Å²) in [7, 11) is 0. The number of hydrogen-bond donors (Lipinski definition) is 12. The molecule has 0 aliphatic rings. The van der Waals surface area contributed by atoms with E-state index in [-0.39, 0.29) is 115 Å². The monoisotopic (exact) mass is 1210 g/mol. The van der Waals surface area contributed by atoms with Crippen molar-refractivity contribution in [2.24, 2.45) is 0 Å². The number of nitrogen functional groups attached to an aromatic ring is 2. The maximum absolute atomic E-state index is 14.3. The van der Waals surface area contributed by atoms with Gasteiger partial charge in [0.15, 0.2) is 0 Å². The molecule has 0 bridgehead atoms. The van der Waals surface area contributed by atoms with E-state index in [1.54, 1.807) is 38.1 Å². The molecular formula is C54H42F2N16O12S2. The maximum atomic E-state index is 14.3. The molecule has 0 saturated carbocycles. The molecule has 32 heteroatoms. The van der Waals surface area contributed by atoms with Crippen molar-refractivity contribution in [1.82, 2.24) is 60.4 Å². The van der Waals surface area contributed by atoms with Crippen LogP contribution in [0.2, 0.25) is 0 Å². The molecule has 4 amide bonds. The number of amides is 4. The van der Waals surface area contributed by atoms with Crippen LogP contribution in [0.4, 0.5) is 42.9 Å². The van der Waals surface area contributed by atoms with Gasteiger partial charge in [0.05, 0.1) is 22.5 Å². The van der Waals surface area contributed by atoms with Gasteiger partial charge in [0.1, 0.15) is 57.2 Å². The minimum atomic E-state index is -1.06. The van der Waals surface area contributed by atoms with Crippen LogP contribution in [0.25, 0.3) is 11.6 Å². The Kier molecular flexibility index (Phi) is 16.6. The first kappa shape index (κ1) is 59.1. The number of hydrogen-bond acceptors (Lipinski definition) is 20. The average molecular weight is 1210 g/mol. The minimum Gasteiger partial charge on any atom is -0.478 e. The minimum absolute atomic E-state index is 0.0355. The number of carboxylic acid groups (broad SMARTS) is 2. The Bertz CT molecular complexity index is 4790. The van der Waals surface area contributed by atoms with E-state index in [0.29, 0.717) is 33.4 Å². The summed E-state index contributed by atoms with van der Waals surface area (Å²) < 4.78 is 31.3. The van der Waals surface area contributed by atoms with Gasteiger partial charge in [-0.05, 0) is 120 Å². The Balaban J connectivity index is 0.000000205. The van der Waals surface area contributed by atoms with Crippen LogP contribution < -0.4 is 65.1 Å². The van der Waals surface area contributed by atoms with Crippen LogP contribution in [-0.4, -0.2) is 84.9 Å². The lowest BCUT2D eigenvalue weighted by Gasteiger charge is -2.13. The van der Waals surface area contributed by atoms with Gasteiger partial charge >= 0.3 is 11.9 Å². The molecule has 10 rings (SSSR count). The fourth-order valence-corrected chi connectivity index (χ4v) is 8.98. The van der Waals surface area contributed by atoms with Gasteiger partial charge in [-0.15, -0.1) is 10.2 Å². The largest absolute Gasteiger partial charge is 0.478 e. The van der Waals surface area contributed by atoms with Crippen LogP contribution in [0.15, 0.2) is 104 Å². The molecule has 0 fully saturated rings. The summed E-state index contributed by atoms with van der Waals surface area (Å²) in [5.41, 5.74) is 9.41. The molecule has 436 valence electrons. The number of aromatic amines is 2. The number of aryl methyl sites for hydroxylation is 2. The van der Waals surface area contributed by atoms with Gasteiger partial charge in [0.25, 0.3) is 56.9 Å². The van der Waals surface area contributed by atoms with Crippen molar-refractivity contribution in [2.75, 3.05) is 22.1 Å². The van der Waals surface area contributed by atoms with Crippen molar-refractivity contribution in [3.63, 3.8) is 0 Å². The molecule has 14 N–H and O–H groups in total. The summed E-state index contributed by atoms with van der Waals surface area (Å²) in [6, 6.07) is 19.5. The standard InChI is InChI=1S/2C27H21FN8O6S/c1-11-6-12(2-4-14(11)25(41)42)9-31-24(40)18-8-17(33-26-34-35-27(43)36(18)26)23(39)30-10-13-3-5-15(28)16(7-13)32-20-19(29)21(37)22(20)38;1-11-6-12(2-4-14(11)25(41)42)9-30-23(39)17-8-18(36-26(33-17)34-35-27(36)43)24(40)31-10-13-3-5-15(28)16(7-13)32-20-19(29)21(37)22(20)38/h2*2-8,32H,9-10,29H2,1H3,(H,30,39)(H,31,40)(H,35,43)(H,41,42). The second-order valence-corrected chi connectivity index (χ2v) is 19.6. The molecule has 0 aliphatic heterocycles. The van der Waals surface area contributed by atoms with Gasteiger partial charge in [-0.3, -0.25) is 38.4 Å². The van der Waals surface area contributed by atoms with Gasteiger partial charge in [0, 0.05) is 26.2 Å². The summed E-state index contributed by atoms with van der Waals surface area (Å²) in [6.45, 7) is 3.21. The third kappa shape index (κ3) is 12.2. The maximum Gasteiger partial charge on any atom is 0.335 e. The topological polar surface area (TPSA) is 427 Å². The van der Waals surface area contributed by atoms with Crippen molar-refractivity contribution < 1.29 is 47.8 Å². The highest BCUT2D eigenvalue weighted by Gasteiger charge is 2.24. The lowest BCUT2D eigenvalue weighted by Crippen LogP contribution is -2.36. The number of aromatic nitrogens is 8. The molecule has 28 nitrogen and oxygen atoms in total. The van der Waals surface area contributed by atoms with Crippen molar-refractivity contribution in [2.45, 2.75) is 40.0 Å². The number of carboxylic acids is 2. The first-order chi connectivity index (χ1) is 40.9. The normalized spacial score (nSPS) is 11.0. The molecule has 0 saturated heterocycles. The number of aromatic carboxylic acids is 2. The molecule has 4 heterocycles. The summed E-state index contributed by atoms with van der Waals surface area (Å²) in [4.78, 5) is 129. The average Bonchev–Trinajstić information content (AvgIpc) is 3.67. The fraction of sp³-hybridized carbons (Fsp3) is 0.111. The zero-order valence-corrected chi connectivity index (χ0v) is 45.9. The predicted octanol–water partition coefficient (Wildman–Crippen LogP) is 3.43. The van der Waals surface area contributed by atoms with Crippen LogP contribution in [0.5, 0.6) is 0 Å². The lowest BCUT2D eigenvalue weighted by molar-refractivity contribution is 0.0685. The molecule has 10 aromatic rings. The summed E-state index contributed by atoms with van der Waals surface area (Å²) in [5, 5.41) is 47.1. The number of halogens is 2. The molecule has 0 spiro atoms. The lowest BCUT2D eigenvalue weighted by atomic mass is 10.1. The summed E-state index contributed by atoms with van der Waals surface area (Å²) in [5.74, 6) is -6.21. The first-order valence-electron chi connectivity index (χ1n) is 24.9. The van der Waals surface area contributed by atoms with Crippen molar-refractivity contribution >= 4 is 106 Å². The van der Waals surface area contributed by atoms with Crippen molar-refractivity contribution in [3.8, 4) is 0 Å². The number of benzene rings is 4. The molecular weight excluding hydrogens is 1170 g/mol.